The molecule has 95 heavy (non-hydrogen) atoms. The van der Waals surface area contributed by atoms with E-state index < -0.39 is 0 Å². The van der Waals surface area contributed by atoms with Crippen molar-refractivity contribution in [2.45, 2.75) is 183 Å². The van der Waals surface area contributed by atoms with Gasteiger partial charge in [0.2, 0.25) is 0 Å². The third-order valence-corrected chi connectivity index (χ3v) is 18.4. The highest BCUT2D eigenvalue weighted by Crippen LogP contribution is 2.36. The Hall–Kier alpha value is -8.46. The first-order valence-electron chi connectivity index (χ1n) is 36.2. The summed E-state index contributed by atoms with van der Waals surface area (Å²) in [7, 11) is 4.26. The molecule has 10 aromatic carbocycles. The Morgan fingerprint density at radius 1 is 0.358 bits per heavy atom. The second-order valence-corrected chi connectivity index (χ2v) is 25.2. The van der Waals surface area contributed by atoms with Crippen molar-refractivity contribution in [3.05, 3.63) is 324 Å². The molecule has 0 aromatic heterocycles. The lowest BCUT2D eigenvalue weighted by Crippen LogP contribution is -2.33. The Bertz CT molecular complexity index is 3590. The van der Waals surface area contributed by atoms with Crippen LogP contribution in [0, 0.1) is 27.2 Å². The topological polar surface area (TPSA) is 6.48 Å². The van der Waals surface area contributed by atoms with Gasteiger partial charge in [-0.25, -0.2) is 0 Å². The summed E-state index contributed by atoms with van der Waals surface area (Å²) in [5.41, 5.74) is 19.0. The highest BCUT2D eigenvalue weighted by molar-refractivity contribution is 5.88. The largest absolute Gasteiger partial charge is 0.367 e. The maximum atomic E-state index is 2.35. The van der Waals surface area contributed by atoms with Crippen molar-refractivity contribution in [1.82, 2.24) is 0 Å². The number of hydrogen-bond acceptors (Lipinski definition) is 2. The molecule has 497 valence electrons. The van der Waals surface area contributed by atoms with Crippen LogP contribution < -0.4 is 9.80 Å². The van der Waals surface area contributed by atoms with E-state index in [-0.39, 0.29) is 0 Å². The van der Waals surface area contributed by atoms with E-state index in [0.29, 0.717) is 6.04 Å². The van der Waals surface area contributed by atoms with Crippen LogP contribution in [0.15, 0.2) is 285 Å². The van der Waals surface area contributed by atoms with Crippen LogP contribution in [0.25, 0.3) is 33.0 Å². The first-order valence-corrected chi connectivity index (χ1v) is 36.2. The lowest BCUT2D eigenvalue weighted by atomic mass is 9.84. The van der Waals surface area contributed by atoms with Crippen molar-refractivity contribution in [3.63, 3.8) is 0 Å². The van der Waals surface area contributed by atoms with Crippen molar-refractivity contribution in [2.75, 3.05) is 23.9 Å². The second-order valence-electron chi connectivity index (χ2n) is 25.2. The van der Waals surface area contributed by atoms with Crippen molar-refractivity contribution in [3.8, 4) is 22.3 Å². The van der Waals surface area contributed by atoms with E-state index in [1.807, 2.05) is 70.2 Å². The Balaban J connectivity index is 0.000000179. The SMILES string of the molecule is C1CCCCCC1.CC.CC.CC1=CC=C[CH]C1N(C)c1ccccc1-c1ccccc1.CC1CCCCc2ccccc21.Cc1cccc2cccc(C)c12.Cc1ccccc1N(C)c1ccccc1.c1ccc(-c2ccc(C3CCCCC3)cc2)cc1.c1ccccc1. The molecule has 2 unspecified atom stereocenters. The van der Waals surface area contributed by atoms with Gasteiger partial charge in [0.25, 0.3) is 0 Å². The van der Waals surface area contributed by atoms with E-state index in [0.717, 1.165) is 11.8 Å². The smallest absolute Gasteiger partial charge is 0.0569 e. The van der Waals surface area contributed by atoms with Gasteiger partial charge in [0.1, 0.15) is 0 Å². The summed E-state index contributed by atoms with van der Waals surface area (Å²) >= 11 is 0. The van der Waals surface area contributed by atoms with Crippen LogP contribution >= 0.6 is 0 Å². The third kappa shape index (κ3) is 25.3. The molecule has 2 atom stereocenters. The molecular formula is C93H115N2. The minimum atomic E-state index is 0.319. The number of para-hydroxylation sites is 3. The van der Waals surface area contributed by atoms with E-state index >= 15 is 0 Å². The van der Waals surface area contributed by atoms with Crippen LogP contribution in [0.2, 0.25) is 0 Å². The van der Waals surface area contributed by atoms with E-state index in [1.165, 1.54) is 181 Å². The molecule has 2 heteroatoms. The number of benzene rings is 10. The highest BCUT2D eigenvalue weighted by atomic mass is 15.1. The standard InChI is InChI=1S/C20H20N.C18H20.C14H15N.C12H12.C12H16.C7H14.C6H6.2C2H6/c1-16-10-6-8-14-19(16)21(2)20-15-9-7-13-18(20)17-11-4-3-5-12-17;1-3-7-15(8-4-1)17-11-13-18(14-12-17)16-9-5-2-6-10-16;1-12-8-6-7-11-14(12)15(2)13-9-4-3-5-10-13;1-9-5-3-7-11-8-4-6-10(2)12(9)11;1-10-6-2-3-7-11-8-4-5-9-12(10)11;1-2-4-6-7-5-3-1;1-2-4-6-5-3-1;2*1-2/h3-15,19H,1-2H3;1,3-4,7-8,11-14,16H,2,5-6,9-10H2;3-11H,1-2H3;3-8H,1-2H3;4-5,8-10H,2-3,6-7H2,1H3;1-7H2;1-6H;2*1-2H3. The van der Waals surface area contributed by atoms with Gasteiger partial charge in [0, 0.05) is 43.1 Å². The summed E-state index contributed by atoms with van der Waals surface area (Å²) in [6.45, 7) is 19.0. The second kappa shape index (κ2) is 44.3. The summed E-state index contributed by atoms with van der Waals surface area (Å²) in [4.78, 5) is 4.55. The van der Waals surface area contributed by atoms with Gasteiger partial charge in [-0.05, 0) is 157 Å². The van der Waals surface area contributed by atoms with Crippen molar-refractivity contribution >= 4 is 27.8 Å². The number of nitrogens with zero attached hydrogens (tertiary/aromatic N) is 2. The van der Waals surface area contributed by atoms with Crippen LogP contribution in [0.4, 0.5) is 17.1 Å². The fourth-order valence-corrected chi connectivity index (χ4v) is 13.1. The zero-order valence-corrected chi connectivity index (χ0v) is 60.1. The zero-order valence-electron chi connectivity index (χ0n) is 60.1. The third-order valence-electron chi connectivity index (χ3n) is 18.4. The lowest BCUT2D eigenvalue weighted by molar-refractivity contribution is 0.443. The monoisotopic (exact) mass is 1260 g/mol. The fourth-order valence-electron chi connectivity index (χ4n) is 13.1. The van der Waals surface area contributed by atoms with Gasteiger partial charge < -0.3 is 9.80 Å². The van der Waals surface area contributed by atoms with Crippen LogP contribution in [0.3, 0.4) is 0 Å². The predicted molar refractivity (Wildman–Crippen MR) is 422 cm³/mol. The molecule has 0 bridgehead atoms. The Morgan fingerprint density at radius 3 is 1.35 bits per heavy atom. The van der Waals surface area contributed by atoms with Gasteiger partial charge in [-0.1, -0.05) is 366 Å². The Kier molecular flexibility index (Phi) is 35.2. The quantitative estimate of drug-likeness (QED) is 0.116. The first kappa shape index (κ1) is 75.6. The molecule has 1 radical (unpaired) electrons. The molecule has 0 spiro atoms. The molecule has 4 aliphatic carbocycles. The Labute approximate surface area is 578 Å². The number of hydrogen-bond donors (Lipinski definition) is 0. The molecule has 10 aromatic rings. The van der Waals surface area contributed by atoms with Gasteiger partial charge in [-0.15, -0.1) is 0 Å². The first-order chi connectivity index (χ1) is 46.7. The van der Waals surface area contributed by atoms with Crippen LogP contribution in [-0.4, -0.2) is 20.1 Å². The van der Waals surface area contributed by atoms with Crippen LogP contribution in [0.1, 0.15) is 183 Å². The molecule has 0 amide bonds. The maximum absolute atomic E-state index is 2.35. The summed E-state index contributed by atoms with van der Waals surface area (Å²) in [5.74, 6) is 1.59. The normalized spacial score (nSPS) is 15.2. The molecule has 0 saturated heterocycles. The minimum absolute atomic E-state index is 0.319. The number of anilines is 3. The molecular weight excluding hydrogens is 1150 g/mol. The number of likely N-dealkylation sites (N-methyl/N-ethyl adjacent to an activating group) is 1. The molecule has 2 saturated carbocycles. The van der Waals surface area contributed by atoms with Crippen LogP contribution in [0.5, 0.6) is 0 Å². The molecule has 0 aliphatic heterocycles. The Morgan fingerprint density at radius 2 is 0.800 bits per heavy atom. The lowest BCUT2D eigenvalue weighted by Gasteiger charge is -2.33. The van der Waals surface area contributed by atoms with Gasteiger partial charge in [0.15, 0.2) is 0 Å². The number of rotatable bonds is 7. The minimum Gasteiger partial charge on any atom is -0.367 e. The van der Waals surface area contributed by atoms with Crippen LogP contribution in [-0.2, 0) is 6.42 Å². The number of aryl methyl sites for hydroxylation is 4. The molecule has 0 N–H and O–H groups in total. The molecule has 2 nitrogen and oxygen atoms in total. The van der Waals surface area contributed by atoms with Gasteiger partial charge in [-0.3, -0.25) is 0 Å². The van der Waals surface area contributed by atoms with Gasteiger partial charge in [0.05, 0.1) is 6.04 Å². The van der Waals surface area contributed by atoms with Crippen molar-refractivity contribution < 1.29 is 0 Å². The maximum Gasteiger partial charge on any atom is 0.0569 e. The summed E-state index contributed by atoms with van der Waals surface area (Å²) in [5, 5.41) is 2.75. The highest BCUT2D eigenvalue weighted by Gasteiger charge is 2.21. The zero-order chi connectivity index (χ0) is 67.7. The summed E-state index contributed by atoms with van der Waals surface area (Å²) in [6, 6.07) is 91.9. The number of fused-ring (bicyclic) bond motifs is 2. The van der Waals surface area contributed by atoms with Crippen molar-refractivity contribution in [2.24, 2.45) is 0 Å². The fraction of sp³-hybridized carbons (Fsp3) is 0.323. The average molecular weight is 1260 g/mol. The predicted octanol–water partition coefficient (Wildman–Crippen LogP) is 27.5. The molecule has 14 rings (SSSR count). The number of allylic oxidation sites excluding steroid dienone is 2. The summed E-state index contributed by atoms with van der Waals surface area (Å²) < 4.78 is 0. The van der Waals surface area contributed by atoms with E-state index in [9.17, 15) is 0 Å². The van der Waals surface area contributed by atoms with E-state index in [2.05, 4.69) is 302 Å². The van der Waals surface area contributed by atoms with Gasteiger partial charge >= 0.3 is 0 Å². The molecule has 4 aliphatic rings. The molecule has 0 heterocycles. The molecule has 2 fully saturated rings. The average Bonchev–Trinajstić information content (AvgIpc) is 1.47. The van der Waals surface area contributed by atoms with E-state index in [1.54, 1.807) is 11.1 Å². The summed E-state index contributed by atoms with van der Waals surface area (Å²) in [6.07, 6.45) is 31.6. The van der Waals surface area contributed by atoms with E-state index in [4.69, 9.17) is 0 Å². The van der Waals surface area contributed by atoms with Gasteiger partial charge in [-0.2, -0.15) is 0 Å². The van der Waals surface area contributed by atoms with Crippen molar-refractivity contribution in [1.29, 1.82) is 0 Å².